The van der Waals surface area contributed by atoms with E-state index >= 15 is 0 Å². The summed E-state index contributed by atoms with van der Waals surface area (Å²) in [5.41, 5.74) is 0. The Hall–Kier alpha value is -1.84. The van der Waals surface area contributed by atoms with Crippen LogP contribution in [0.3, 0.4) is 0 Å². The summed E-state index contributed by atoms with van der Waals surface area (Å²) in [4.78, 5) is 40.2. The lowest BCUT2D eigenvalue weighted by molar-refractivity contribution is -0.149. The monoisotopic (exact) mass is 406 g/mol. The van der Waals surface area contributed by atoms with Crippen molar-refractivity contribution < 1.29 is 31.6 Å². The van der Waals surface area contributed by atoms with Gasteiger partial charge in [0.15, 0.2) is 0 Å². The first-order chi connectivity index (χ1) is 12.7. The SMILES string of the molecule is NN(C(=O)CN1CCNCC1)C(=O)[C@@H]1CC[C@@H]2CN1C(=O)N2OS(=O)(=O)O. The summed E-state index contributed by atoms with van der Waals surface area (Å²) >= 11 is 0. The molecule has 0 aromatic rings. The minimum Gasteiger partial charge on any atom is -0.314 e. The van der Waals surface area contributed by atoms with Gasteiger partial charge in [0.05, 0.1) is 12.6 Å². The van der Waals surface area contributed by atoms with Crippen molar-refractivity contribution in [3.05, 3.63) is 0 Å². The van der Waals surface area contributed by atoms with E-state index in [2.05, 4.69) is 9.60 Å². The molecule has 4 amide bonds. The van der Waals surface area contributed by atoms with Gasteiger partial charge in [-0.3, -0.25) is 19.0 Å². The molecule has 0 aliphatic carbocycles. The lowest BCUT2D eigenvalue weighted by Gasteiger charge is -2.32. The largest absolute Gasteiger partial charge is 0.418 e. The van der Waals surface area contributed by atoms with Crippen LogP contribution in [0.1, 0.15) is 12.8 Å². The zero-order valence-electron chi connectivity index (χ0n) is 14.5. The number of nitrogens with zero attached hydrogens (tertiary/aromatic N) is 4. The van der Waals surface area contributed by atoms with Gasteiger partial charge in [-0.25, -0.2) is 15.6 Å². The Labute approximate surface area is 155 Å². The van der Waals surface area contributed by atoms with Crippen LogP contribution in [0.2, 0.25) is 0 Å². The molecule has 3 fully saturated rings. The summed E-state index contributed by atoms with van der Waals surface area (Å²) in [7, 11) is -4.87. The van der Waals surface area contributed by atoms with Crippen molar-refractivity contribution in [1.29, 1.82) is 0 Å². The molecule has 3 aliphatic heterocycles. The number of hydrazine groups is 1. The highest BCUT2D eigenvalue weighted by Gasteiger charge is 2.50. The number of imide groups is 1. The molecule has 0 aromatic heterocycles. The van der Waals surface area contributed by atoms with Crippen molar-refractivity contribution in [2.45, 2.75) is 24.9 Å². The Morgan fingerprint density at radius 1 is 1.30 bits per heavy atom. The highest BCUT2D eigenvalue weighted by molar-refractivity contribution is 7.80. The molecule has 0 spiro atoms. The van der Waals surface area contributed by atoms with Gasteiger partial charge in [0, 0.05) is 32.7 Å². The second kappa shape index (κ2) is 7.65. The number of rotatable bonds is 5. The minimum atomic E-state index is -4.87. The highest BCUT2D eigenvalue weighted by atomic mass is 32.3. The van der Waals surface area contributed by atoms with Crippen LogP contribution in [-0.4, -0.2) is 102 Å². The molecule has 0 unspecified atom stereocenters. The van der Waals surface area contributed by atoms with Crippen LogP contribution in [-0.2, 0) is 24.3 Å². The number of carbonyl (C=O) groups excluding carboxylic acids is 3. The summed E-state index contributed by atoms with van der Waals surface area (Å²) in [6, 6.07) is -2.50. The molecule has 0 aromatic carbocycles. The molecule has 14 heteroatoms. The van der Waals surface area contributed by atoms with Crippen LogP contribution < -0.4 is 11.2 Å². The number of hydrogen-bond donors (Lipinski definition) is 3. The van der Waals surface area contributed by atoms with Crippen LogP contribution in [0.15, 0.2) is 0 Å². The lowest BCUT2D eigenvalue weighted by Crippen LogP contribution is -2.57. The average molecular weight is 406 g/mol. The van der Waals surface area contributed by atoms with Crippen molar-refractivity contribution in [2.24, 2.45) is 5.84 Å². The Kier molecular flexibility index (Phi) is 5.64. The molecule has 13 nitrogen and oxygen atoms in total. The predicted octanol–water partition coefficient (Wildman–Crippen LogP) is -2.88. The van der Waals surface area contributed by atoms with E-state index in [4.69, 9.17) is 10.4 Å². The van der Waals surface area contributed by atoms with Crippen molar-refractivity contribution in [3.8, 4) is 0 Å². The Morgan fingerprint density at radius 2 is 1.96 bits per heavy atom. The highest BCUT2D eigenvalue weighted by Crippen LogP contribution is 2.31. The first-order valence-electron chi connectivity index (χ1n) is 8.49. The van der Waals surface area contributed by atoms with E-state index < -0.39 is 40.3 Å². The smallest absolute Gasteiger partial charge is 0.314 e. The molecule has 27 heavy (non-hydrogen) atoms. The normalized spacial score (nSPS) is 26.4. The summed E-state index contributed by atoms with van der Waals surface area (Å²) in [6.07, 6.45) is 0.448. The fourth-order valence-electron chi connectivity index (χ4n) is 3.51. The number of carbonyl (C=O) groups is 3. The number of hydrogen-bond acceptors (Lipinski definition) is 9. The van der Waals surface area contributed by atoms with Crippen LogP contribution in [0.5, 0.6) is 0 Å². The number of hydroxylamine groups is 2. The predicted molar refractivity (Wildman–Crippen MR) is 88.7 cm³/mol. The molecule has 4 N–H and O–H groups in total. The Morgan fingerprint density at radius 3 is 2.59 bits per heavy atom. The number of fused-ring (bicyclic) bond motifs is 2. The first-order valence-corrected chi connectivity index (χ1v) is 9.85. The third-order valence-corrected chi connectivity index (χ3v) is 5.21. The third kappa shape index (κ3) is 4.36. The second-order valence-electron chi connectivity index (χ2n) is 6.64. The number of nitrogens with two attached hydrogens (primary N) is 1. The number of piperidine rings is 1. The molecule has 3 saturated heterocycles. The van der Waals surface area contributed by atoms with Gasteiger partial charge in [-0.05, 0) is 12.8 Å². The maximum atomic E-state index is 12.6. The van der Waals surface area contributed by atoms with E-state index in [1.807, 2.05) is 4.90 Å². The molecule has 3 rings (SSSR count). The maximum Gasteiger partial charge on any atom is 0.418 e. The Bertz CT molecular complexity index is 725. The van der Waals surface area contributed by atoms with E-state index in [-0.39, 0.29) is 25.9 Å². The summed E-state index contributed by atoms with van der Waals surface area (Å²) in [6.45, 7) is 2.82. The van der Waals surface area contributed by atoms with Crippen LogP contribution in [0.25, 0.3) is 0 Å². The van der Waals surface area contributed by atoms with E-state index in [0.717, 1.165) is 18.0 Å². The second-order valence-corrected chi connectivity index (χ2v) is 7.64. The molecule has 2 bridgehead atoms. The van der Waals surface area contributed by atoms with Crippen molar-refractivity contribution in [1.82, 2.24) is 25.2 Å². The molecule has 2 atom stereocenters. The molecule has 3 heterocycles. The number of urea groups is 1. The van der Waals surface area contributed by atoms with Crippen LogP contribution >= 0.6 is 0 Å². The fraction of sp³-hybridized carbons (Fsp3) is 0.769. The lowest BCUT2D eigenvalue weighted by atomic mass is 10.00. The minimum absolute atomic E-state index is 0.00873. The van der Waals surface area contributed by atoms with Crippen molar-refractivity contribution >= 4 is 28.2 Å². The first kappa shape index (κ1) is 19.9. The molecule has 0 saturated carbocycles. The van der Waals surface area contributed by atoms with Gasteiger partial charge in [-0.15, -0.1) is 4.28 Å². The number of amides is 4. The molecular weight excluding hydrogens is 384 g/mol. The van der Waals surface area contributed by atoms with Crippen molar-refractivity contribution in [3.63, 3.8) is 0 Å². The fourth-order valence-corrected chi connectivity index (χ4v) is 3.90. The zero-order chi connectivity index (χ0) is 19.8. The topological polar surface area (TPSA) is 166 Å². The van der Waals surface area contributed by atoms with Crippen LogP contribution in [0.4, 0.5) is 4.79 Å². The van der Waals surface area contributed by atoms with Gasteiger partial charge < -0.3 is 10.2 Å². The number of nitrogens with one attached hydrogen (secondary N) is 1. The Balaban J connectivity index is 1.63. The maximum absolute atomic E-state index is 12.6. The summed E-state index contributed by atoms with van der Waals surface area (Å²) in [5, 5.41) is 4.20. The van der Waals surface area contributed by atoms with Gasteiger partial charge in [0.25, 0.3) is 11.8 Å². The van der Waals surface area contributed by atoms with Gasteiger partial charge in [-0.2, -0.15) is 13.5 Å². The zero-order valence-corrected chi connectivity index (χ0v) is 15.3. The summed E-state index contributed by atoms with van der Waals surface area (Å²) in [5.74, 6) is 4.37. The van der Waals surface area contributed by atoms with E-state index in [1.54, 1.807) is 0 Å². The van der Waals surface area contributed by atoms with Gasteiger partial charge >= 0.3 is 16.4 Å². The summed E-state index contributed by atoms with van der Waals surface area (Å²) < 4.78 is 34.9. The standard InChI is InChI=1S/C13H22N6O7S/c14-18(11(20)8-16-5-3-15-4-6-16)12(21)10-2-1-9-7-17(10)13(22)19(9)26-27(23,24)25/h9-10,15H,1-8,14H2,(H,23,24,25)/t9-,10+/m1/s1. The van der Waals surface area contributed by atoms with Gasteiger partial charge in [-0.1, -0.05) is 0 Å². The molecule has 152 valence electrons. The third-order valence-electron chi connectivity index (χ3n) is 4.86. The van der Waals surface area contributed by atoms with E-state index in [1.165, 1.54) is 0 Å². The number of piperazine rings is 1. The van der Waals surface area contributed by atoms with E-state index in [9.17, 15) is 22.8 Å². The quantitative estimate of drug-likeness (QED) is 0.187. The van der Waals surface area contributed by atoms with Gasteiger partial charge in [0.2, 0.25) is 0 Å². The average Bonchev–Trinajstić information content (AvgIpc) is 2.85. The van der Waals surface area contributed by atoms with Crippen molar-refractivity contribution in [2.75, 3.05) is 39.3 Å². The van der Waals surface area contributed by atoms with Crippen LogP contribution in [0, 0.1) is 0 Å². The molecule has 0 radical (unpaired) electrons. The molecular formula is C13H22N6O7S. The van der Waals surface area contributed by atoms with Gasteiger partial charge in [0.1, 0.15) is 6.04 Å². The van der Waals surface area contributed by atoms with E-state index in [0.29, 0.717) is 23.2 Å². The molecule has 3 aliphatic rings.